The molecule has 4 heterocycles. The summed E-state index contributed by atoms with van der Waals surface area (Å²) in [5, 5.41) is 1.18. The quantitative estimate of drug-likeness (QED) is 0.613. The zero-order chi connectivity index (χ0) is 17.3. The normalized spacial score (nSPS) is 37.7. The standard InChI is InChI=1S/C17H20ClN3O3/c1-6-16(4)17(5)11(22-15(2,3)24-17)14(23-16)21-8-7-10-12(18)19-9-20-13(10)21/h6-9,11,14H,1H2,2-5H3/t11-,14+,16?,17-/m0/s1. The first-order valence-corrected chi connectivity index (χ1v) is 8.25. The summed E-state index contributed by atoms with van der Waals surface area (Å²) >= 11 is 6.17. The molecule has 24 heavy (non-hydrogen) atoms. The van der Waals surface area contributed by atoms with Crippen molar-refractivity contribution in [1.82, 2.24) is 14.5 Å². The van der Waals surface area contributed by atoms with Crippen molar-refractivity contribution < 1.29 is 14.2 Å². The van der Waals surface area contributed by atoms with Crippen LogP contribution >= 0.6 is 11.6 Å². The molecule has 2 aromatic rings. The van der Waals surface area contributed by atoms with Crippen molar-refractivity contribution >= 4 is 22.6 Å². The van der Waals surface area contributed by atoms with Crippen LogP contribution in [0.5, 0.6) is 0 Å². The molecule has 2 aliphatic rings. The van der Waals surface area contributed by atoms with Crippen LogP contribution in [0.1, 0.15) is 33.9 Å². The van der Waals surface area contributed by atoms with E-state index in [1.807, 2.05) is 44.5 Å². The van der Waals surface area contributed by atoms with Gasteiger partial charge in [0.25, 0.3) is 0 Å². The molecule has 2 aliphatic heterocycles. The van der Waals surface area contributed by atoms with Crippen molar-refractivity contribution in [1.29, 1.82) is 0 Å². The van der Waals surface area contributed by atoms with Gasteiger partial charge in [0.15, 0.2) is 12.0 Å². The molecule has 4 rings (SSSR count). The third kappa shape index (κ3) is 1.94. The molecule has 0 amide bonds. The van der Waals surface area contributed by atoms with Crippen LogP contribution in [0.15, 0.2) is 31.2 Å². The number of ether oxygens (including phenoxy) is 3. The summed E-state index contributed by atoms with van der Waals surface area (Å²) < 4.78 is 20.7. The lowest BCUT2D eigenvalue weighted by atomic mass is 9.83. The number of hydrogen-bond donors (Lipinski definition) is 0. The maximum atomic E-state index is 6.35. The minimum absolute atomic E-state index is 0.320. The largest absolute Gasteiger partial charge is 0.342 e. The highest BCUT2D eigenvalue weighted by Crippen LogP contribution is 2.55. The molecule has 0 N–H and O–H groups in total. The van der Waals surface area contributed by atoms with Gasteiger partial charge in [-0.25, -0.2) is 9.97 Å². The minimum Gasteiger partial charge on any atom is -0.342 e. The topological polar surface area (TPSA) is 58.4 Å². The van der Waals surface area contributed by atoms with Crippen molar-refractivity contribution in [3.8, 4) is 0 Å². The van der Waals surface area contributed by atoms with Gasteiger partial charge in [0.1, 0.15) is 34.4 Å². The van der Waals surface area contributed by atoms with Crippen molar-refractivity contribution in [2.24, 2.45) is 0 Å². The fourth-order valence-corrected chi connectivity index (χ4v) is 3.94. The maximum Gasteiger partial charge on any atom is 0.165 e. The fourth-order valence-electron chi connectivity index (χ4n) is 3.75. The van der Waals surface area contributed by atoms with Gasteiger partial charge in [-0.2, -0.15) is 0 Å². The summed E-state index contributed by atoms with van der Waals surface area (Å²) in [6, 6.07) is 1.88. The average molecular weight is 350 g/mol. The van der Waals surface area contributed by atoms with Crippen LogP contribution in [0, 0.1) is 0 Å². The summed E-state index contributed by atoms with van der Waals surface area (Å²) in [7, 11) is 0. The van der Waals surface area contributed by atoms with E-state index >= 15 is 0 Å². The Bertz CT molecular complexity index is 836. The van der Waals surface area contributed by atoms with E-state index in [9.17, 15) is 0 Å². The van der Waals surface area contributed by atoms with E-state index < -0.39 is 23.2 Å². The molecule has 0 aromatic carbocycles. The lowest BCUT2D eigenvalue weighted by Gasteiger charge is -2.35. The minimum atomic E-state index is -0.707. The number of rotatable bonds is 2. The second-order valence-corrected chi connectivity index (χ2v) is 7.45. The van der Waals surface area contributed by atoms with Gasteiger partial charge >= 0.3 is 0 Å². The molecular weight excluding hydrogens is 330 g/mol. The molecule has 0 saturated carbocycles. The van der Waals surface area contributed by atoms with Crippen LogP contribution < -0.4 is 0 Å². The molecule has 2 fully saturated rings. The van der Waals surface area contributed by atoms with E-state index in [4.69, 9.17) is 25.8 Å². The van der Waals surface area contributed by atoms with Crippen LogP contribution in [-0.2, 0) is 14.2 Å². The van der Waals surface area contributed by atoms with Gasteiger partial charge in [-0.15, -0.1) is 6.58 Å². The first-order valence-electron chi connectivity index (χ1n) is 7.87. The highest BCUT2D eigenvalue weighted by Gasteiger charge is 2.68. The van der Waals surface area contributed by atoms with Crippen molar-refractivity contribution in [3.05, 3.63) is 36.4 Å². The molecule has 0 aliphatic carbocycles. The molecule has 7 heteroatoms. The predicted octanol–water partition coefficient (Wildman–Crippen LogP) is 3.47. The number of aromatic nitrogens is 3. The molecule has 4 atom stereocenters. The van der Waals surface area contributed by atoms with Crippen LogP contribution in [0.4, 0.5) is 0 Å². The van der Waals surface area contributed by atoms with Gasteiger partial charge in [-0.05, 0) is 33.8 Å². The summed E-state index contributed by atoms with van der Waals surface area (Å²) in [5.74, 6) is -0.707. The van der Waals surface area contributed by atoms with Gasteiger partial charge in [0.2, 0.25) is 0 Å². The molecule has 1 unspecified atom stereocenters. The van der Waals surface area contributed by atoms with Gasteiger partial charge < -0.3 is 18.8 Å². The van der Waals surface area contributed by atoms with Gasteiger partial charge in [-0.1, -0.05) is 17.7 Å². The Labute approximate surface area is 145 Å². The Morgan fingerprint density at radius 3 is 2.71 bits per heavy atom. The lowest BCUT2D eigenvalue weighted by molar-refractivity contribution is -0.223. The average Bonchev–Trinajstić information content (AvgIpc) is 3.10. The van der Waals surface area contributed by atoms with Gasteiger partial charge in [0, 0.05) is 6.20 Å². The summed E-state index contributed by atoms with van der Waals surface area (Å²) in [5.41, 5.74) is -0.677. The molecule has 128 valence electrons. The van der Waals surface area contributed by atoms with Crippen molar-refractivity contribution in [2.45, 2.75) is 57.0 Å². The first-order chi connectivity index (χ1) is 11.2. The molecule has 2 saturated heterocycles. The SMILES string of the molecule is C=CC1(C)O[C@@H](n2ccc3c(Cl)ncnc32)[C@@H]2OC(C)(C)O[C@@]21C. The van der Waals surface area contributed by atoms with E-state index in [2.05, 4.69) is 16.5 Å². The Balaban J connectivity index is 1.87. The zero-order valence-electron chi connectivity index (χ0n) is 14.1. The summed E-state index contributed by atoms with van der Waals surface area (Å²) in [4.78, 5) is 8.38. The Morgan fingerprint density at radius 1 is 1.25 bits per heavy atom. The highest BCUT2D eigenvalue weighted by atomic mass is 35.5. The monoisotopic (exact) mass is 349 g/mol. The third-order valence-corrected chi connectivity index (χ3v) is 5.45. The van der Waals surface area contributed by atoms with Crippen LogP contribution in [0.3, 0.4) is 0 Å². The van der Waals surface area contributed by atoms with E-state index in [-0.39, 0.29) is 6.10 Å². The third-order valence-electron chi connectivity index (χ3n) is 5.15. The number of fused-ring (bicyclic) bond motifs is 2. The number of halogens is 1. The smallest absolute Gasteiger partial charge is 0.165 e. The number of nitrogens with zero attached hydrogens (tertiary/aromatic N) is 3. The van der Waals surface area contributed by atoms with Crippen LogP contribution in [-0.4, -0.2) is 37.6 Å². The van der Waals surface area contributed by atoms with E-state index in [1.165, 1.54) is 6.33 Å². The Hall–Kier alpha value is -1.47. The number of hydrogen-bond acceptors (Lipinski definition) is 5. The van der Waals surface area contributed by atoms with Crippen molar-refractivity contribution in [2.75, 3.05) is 0 Å². The van der Waals surface area contributed by atoms with E-state index in [0.29, 0.717) is 10.8 Å². The lowest BCUT2D eigenvalue weighted by Crippen LogP contribution is -2.50. The Morgan fingerprint density at radius 2 is 2.00 bits per heavy atom. The molecule has 0 spiro atoms. The molecule has 6 nitrogen and oxygen atoms in total. The molecule has 2 aromatic heterocycles. The van der Waals surface area contributed by atoms with E-state index in [1.54, 1.807) is 6.08 Å². The molecule has 0 radical (unpaired) electrons. The Kier molecular flexibility index (Phi) is 3.20. The van der Waals surface area contributed by atoms with Crippen LogP contribution in [0.2, 0.25) is 5.15 Å². The maximum absolute atomic E-state index is 6.35. The van der Waals surface area contributed by atoms with Crippen LogP contribution in [0.25, 0.3) is 11.0 Å². The summed E-state index contributed by atoms with van der Waals surface area (Å²) in [6.07, 6.45) is 4.37. The summed E-state index contributed by atoms with van der Waals surface area (Å²) in [6.45, 7) is 11.7. The van der Waals surface area contributed by atoms with Gasteiger partial charge in [-0.3, -0.25) is 0 Å². The highest BCUT2D eigenvalue weighted by molar-refractivity contribution is 6.33. The van der Waals surface area contributed by atoms with E-state index in [0.717, 1.165) is 5.39 Å². The molecular formula is C17H20ClN3O3. The second-order valence-electron chi connectivity index (χ2n) is 7.09. The second kappa shape index (κ2) is 4.79. The zero-order valence-corrected chi connectivity index (χ0v) is 14.9. The molecule has 0 bridgehead atoms. The van der Waals surface area contributed by atoms with Gasteiger partial charge in [0.05, 0.1) is 5.39 Å². The van der Waals surface area contributed by atoms with Crippen molar-refractivity contribution in [3.63, 3.8) is 0 Å². The first kappa shape index (κ1) is 16.0. The predicted molar refractivity (Wildman–Crippen MR) is 89.7 cm³/mol. The fraction of sp³-hybridized carbons (Fsp3) is 0.529.